The topological polar surface area (TPSA) is 52.7 Å². The Balaban J connectivity index is 1.43. The second kappa shape index (κ2) is 7.16. The number of nitrogens with one attached hydrogen (secondary N) is 1. The number of hydrogen-bond donors (Lipinski definition) is 1. The zero-order valence-corrected chi connectivity index (χ0v) is 14.7. The smallest absolute Gasteiger partial charge is 0.253 e. The van der Waals surface area contributed by atoms with Gasteiger partial charge in [0.05, 0.1) is 0 Å². The van der Waals surface area contributed by atoms with E-state index >= 15 is 0 Å². The molecule has 3 fully saturated rings. The molecule has 5 heteroatoms. The molecule has 134 valence electrons. The summed E-state index contributed by atoms with van der Waals surface area (Å²) in [5.41, 5.74) is 1.81. The highest BCUT2D eigenvalue weighted by Crippen LogP contribution is 2.27. The summed E-state index contributed by atoms with van der Waals surface area (Å²) in [5.74, 6) is 1.82. The van der Waals surface area contributed by atoms with Crippen molar-refractivity contribution in [3.05, 3.63) is 35.4 Å². The van der Waals surface area contributed by atoms with E-state index in [0.29, 0.717) is 13.0 Å². The molecule has 0 unspecified atom stereocenters. The van der Waals surface area contributed by atoms with Gasteiger partial charge in [-0.3, -0.25) is 9.59 Å². The number of rotatable bonds is 3. The maximum atomic E-state index is 13.0. The van der Waals surface area contributed by atoms with E-state index in [-0.39, 0.29) is 11.8 Å². The molecule has 3 aliphatic rings. The van der Waals surface area contributed by atoms with Gasteiger partial charge in [-0.25, -0.2) is 0 Å². The second-order valence-electron chi connectivity index (χ2n) is 7.67. The monoisotopic (exact) mass is 341 g/mol. The van der Waals surface area contributed by atoms with Crippen LogP contribution in [0.15, 0.2) is 24.3 Å². The molecule has 3 aliphatic heterocycles. The molecule has 1 aromatic carbocycles. The molecule has 4 rings (SSSR count). The fraction of sp³-hybridized carbons (Fsp3) is 0.600. The van der Waals surface area contributed by atoms with Gasteiger partial charge >= 0.3 is 0 Å². The van der Waals surface area contributed by atoms with Crippen LogP contribution in [0, 0.1) is 11.8 Å². The van der Waals surface area contributed by atoms with Gasteiger partial charge in [-0.1, -0.05) is 12.1 Å². The van der Waals surface area contributed by atoms with E-state index in [9.17, 15) is 9.59 Å². The van der Waals surface area contributed by atoms with Crippen LogP contribution < -0.4 is 5.32 Å². The Hall–Kier alpha value is -1.88. The van der Waals surface area contributed by atoms with Crippen molar-refractivity contribution in [2.24, 2.45) is 11.8 Å². The molecule has 1 N–H and O–H groups in total. The summed E-state index contributed by atoms with van der Waals surface area (Å²) in [4.78, 5) is 28.7. The fourth-order valence-electron chi connectivity index (χ4n) is 4.50. The molecule has 0 spiro atoms. The number of likely N-dealkylation sites (tertiary alicyclic amines) is 2. The lowest BCUT2D eigenvalue weighted by atomic mass is 9.92. The van der Waals surface area contributed by atoms with Crippen molar-refractivity contribution in [3.63, 3.8) is 0 Å². The van der Waals surface area contributed by atoms with Gasteiger partial charge in [0, 0.05) is 38.2 Å². The Kier molecular flexibility index (Phi) is 4.75. The van der Waals surface area contributed by atoms with Crippen molar-refractivity contribution in [2.75, 3.05) is 32.7 Å². The fourth-order valence-corrected chi connectivity index (χ4v) is 4.50. The predicted octanol–water partition coefficient (Wildman–Crippen LogP) is 1.88. The second-order valence-corrected chi connectivity index (χ2v) is 7.67. The first-order chi connectivity index (χ1) is 12.2. The minimum atomic E-state index is 0.141. The third-order valence-electron chi connectivity index (χ3n) is 6.03. The average molecular weight is 341 g/mol. The van der Waals surface area contributed by atoms with Gasteiger partial charge in [0.2, 0.25) is 5.91 Å². The number of carbonyl (C=O) groups is 2. The molecular weight excluding hydrogens is 314 g/mol. The maximum Gasteiger partial charge on any atom is 0.253 e. The Morgan fingerprint density at radius 1 is 1.12 bits per heavy atom. The molecule has 3 saturated heterocycles. The first-order valence-corrected chi connectivity index (χ1v) is 9.57. The zero-order valence-electron chi connectivity index (χ0n) is 14.7. The highest BCUT2D eigenvalue weighted by Gasteiger charge is 2.31. The van der Waals surface area contributed by atoms with E-state index in [4.69, 9.17) is 0 Å². The number of hydrogen-bond acceptors (Lipinski definition) is 3. The van der Waals surface area contributed by atoms with Gasteiger partial charge in [-0.15, -0.1) is 0 Å². The molecule has 5 nitrogen and oxygen atoms in total. The quantitative estimate of drug-likeness (QED) is 0.913. The van der Waals surface area contributed by atoms with Crippen LogP contribution >= 0.6 is 0 Å². The Morgan fingerprint density at radius 2 is 1.88 bits per heavy atom. The van der Waals surface area contributed by atoms with Gasteiger partial charge in [-0.05, 0) is 61.9 Å². The highest BCUT2D eigenvalue weighted by atomic mass is 16.2. The van der Waals surface area contributed by atoms with Crippen molar-refractivity contribution in [3.8, 4) is 0 Å². The summed E-state index contributed by atoms with van der Waals surface area (Å²) < 4.78 is 0. The van der Waals surface area contributed by atoms with Crippen LogP contribution in [0.5, 0.6) is 0 Å². The molecule has 3 heterocycles. The van der Waals surface area contributed by atoms with E-state index in [2.05, 4.69) is 5.32 Å². The lowest BCUT2D eigenvalue weighted by Gasteiger charge is -2.22. The van der Waals surface area contributed by atoms with Crippen molar-refractivity contribution in [1.82, 2.24) is 15.1 Å². The third-order valence-corrected chi connectivity index (χ3v) is 6.03. The molecule has 0 bridgehead atoms. The van der Waals surface area contributed by atoms with Crippen LogP contribution in [0.2, 0.25) is 0 Å². The van der Waals surface area contributed by atoms with E-state index in [1.165, 1.54) is 0 Å². The molecule has 0 saturated carbocycles. The largest absolute Gasteiger partial charge is 0.339 e. The van der Waals surface area contributed by atoms with Gasteiger partial charge in [0.15, 0.2) is 0 Å². The van der Waals surface area contributed by atoms with Crippen LogP contribution in [0.1, 0.15) is 41.6 Å². The molecular formula is C20H27N3O2. The van der Waals surface area contributed by atoms with E-state index < -0.39 is 0 Å². The van der Waals surface area contributed by atoms with Crippen LogP contribution in [0.4, 0.5) is 0 Å². The Morgan fingerprint density at radius 3 is 2.56 bits per heavy atom. The number of amides is 2. The summed E-state index contributed by atoms with van der Waals surface area (Å²) in [6.07, 6.45) is 3.81. The lowest BCUT2D eigenvalue weighted by Crippen LogP contribution is -2.33. The van der Waals surface area contributed by atoms with Crippen molar-refractivity contribution in [1.29, 1.82) is 0 Å². The lowest BCUT2D eigenvalue weighted by molar-refractivity contribution is -0.128. The summed E-state index contributed by atoms with van der Waals surface area (Å²) in [7, 11) is 0. The highest BCUT2D eigenvalue weighted by molar-refractivity contribution is 5.94. The molecule has 2 amide bonds. The Labute approximate surface area is 149 Å². The first-order valence-electron chi connectivity index (χ1n) is 9.57. The molecule has 25 heavy (non-hydrogen) atoms. The van der Waals surface area contributed by atoms with Crippen LogP contribution in [0.3, 0.4) is 0 Å². The first kappa shape index (κ1) is 16.6. The minimum absolute atomic E-state index is 0.141. The van der Waals surface area contributed by atoms with Gasteiger partial charge < -0.3 is 15.1 Å². The van der Waals surface area contributed by atoms with Crippen LogP contribution in [-0.2, 0) is 11.3 Å². The molecule has 0 aromatic heterocycles. The van der Waals surface area contributed by atoms with E-state index in [1.54, 1.807) is 0 Å². The summed E-state index contributed by atoms with van der Waals surface area (Å²) in [5, 5.41) is 3.48. The number of carbonyl (C=O) groups excluding carboxylic acids is 2. The number of benzene rings is 1. The molecule has 1 aromatic rings. The summed E-state index contributed by atoms with van der Waals surface area (Å²) in [6.45, 7) is 5.38. The molecule has 2 atom stereocenters. The van der Waals surface area contributed by atoms with Crippen LogP contribution in [0.25, 0.3) is 0 Å². The minimum Gasteiger partial charge on any atom is -0.339 e. The van der Waals surface area contributed by atoms with Gasteiger partial charge in [0.1, 0.15) is 0 Å². The molecule has 0 radical (unpaired) electrons. The summed E-state index contributed by atoms with van der Waals surface area (Å²) in [6, 6.07) is 7.84. The van der Waals surface area contributed by atoms with E-state index in [0.717, 1.165) is 74.9 Å². The summed E-state index contributed by atoms with van der Waals surface area (Å²) >= 11 is 0. The van der Waals surface area contributed by atoms with E-state index in [1.807, 2.05) is 34.1 Å². The predicted molar refractivity (Wildman–Crippen MR) is 96.1 cm³/mol. The number of fused-ring (bicyclic) bond motifs is 1. The molecule has 0 aliphatic carbocycles. The normalized spacial score (nSPS) is 26.6. The van der Waals surface area contributed by atoms with Crippen molar-refractivity contribution in [2.45, 2.75) is 32.2 Å². The number of nitrogens with zero attached hydrogens (tertiary/aromatic N) is 2. The maximum absolute atomic E-state index is 13.0. The standard InChI is InChI=1S/C20H27N3O2/c24-19-5-2-8-23(19)14-15-3-1-4-16(11-15)20(25)22-9-6-17-12-21-13-18(17)7-10-22/h1,3-4,11,17-18,21H,2,5-10,12-14H2/t17-,18+. The zero-order chi connectivity index (χ0) is 17.2. The third kappa shape index (κ3) is 3.56. The van der Waals surface area contributed by atoms with Gasteiger partial charge in [-0.2, -0.15) is 0 Å². The average Bonchev–Trinajstić information content (AvgIpc) is 3.19. The Bertz CT molecular complexity index is 646. The van der Waals surface area contributed by atoms with Crippen molar-refractivity contribution < 1.29 is 9.59 Å². The van der Waals surface area contributed by atoms with Crippen LogP contribution in [-0.4, -0.2) is 54.3 Å². The van der Waals surface area contributed by atoms with Gasteiger partial charge in [0.25, 0.3) is 5.91 Å². The van der Waals surface area contributed by atoms with Crippen molar-refractivity contribution >= 4 is 11.8 Å². The SMILES string of the molecule is O=C1CCCN1Cc1cccc(C(=O)N2CC[C@@H]3CNC[C@@H]3CC2)c1.